The molecule has 322 valence electrons. The zero-order chi connectivity index (χ0) is 42.5. The van der Waals surface area contributed by atoms with Crippen LogP contribution in [0.4, 0.5) is 0 Å². The second-order valence-corrected chi connectivity index (χ2v) is 15.7. The largest absolute Gasteiger partial charge is 0.379 e. The van der Waals surface area contributed by atoms with Crippen molar-refractivity contribution in [3.8, 4) is 0 Å². The number of benzene rings is 1. The van der Waals surface area contributed by atoms with Crippen LogP contribution in [0.3, 0.4) is 0 Å². The molecule has 1 aliphatic carbocycles. The summed E-state index contributed by atoms with van der Waals surface area (Å²) < 4.78 is 11.8. The van der Waals surface area contributed by atoms with Crippen molar-refractivity contribution in [3.63, 3.8) is 0 Å². The number of carbonyl (C=O) groups excluding carboxylic acids is 4. The van der Waals surface area contributed by atoms with Crippen LogP contribution in [0.25, 0.3) is 0 Å². The molecule has 4 amide bonds. The Morgan fingerprint density at radius 1 is 1.00 bits per heavy atom. The van der Waals surface area contributed by atoms with E-state index in [0.29, 0.717) is 30.8 Å². The molecule has 4 rings (SSSR count). The van der Waals surface area contributed by atoms with Gasteiger partial charge in [-0.1, -0.05) is 90.3 Å². The van der Waals surface area contributed by atoms with Crippen LogP contribution < -0.4 is 16.0 Å². The van der Waals surface area contributed by atoms with E-state index in [1.807, 2.05) is 50.8 Å². The fraction of sp³-hybridized carbons (Fsp3) is 0.727. The molecule has 13 heteroatoms. The Labute approximate surface area is 343 Å². The molecule has 2 aliphatic heterocycles. The van der Waals surface area contributed by atoms with Crippen LogP contribution in [0, 0.1) is 24.7 Å². The summed E-state index contributed by atoms with van der Waals surface area (Å²) in [7, 11) is 6.50. The number of aliphatic imine (C=N–C) groups is 2. The first-order valence-corrected chi connectivity index (χ1v) is 21.2. The average molecular weight is 798 g/mol. The minimum Gasteiger partial charge on any atom is -0.379 e. The molecule has 0 radical (unpaired) electrons. The van der Waals surface area contributed by atoms with Gasteiger partial charge >= 0.3 is 0 Å². The summed E-state index contributed by atoms with van der Waals surface area (Å²) >= 11 is 0. The number of hydrogen-bond donors (Lipinski definition) is 3. The molecule has 9 unspecified atom stereocenters. The molecule has 0 spiro atoms. The van der Waals surface area contributed by atoms with Gasteiger partial charge in [-0.25, -0.2) is 4.99 Å². The van der Waals surface area contributed by atoms with E-state index < -0.39 is 18.1 Å². The fourth-order valence-electron chi connectivity index (χ4n) is 8.11. The molecule has 2 heterocycles. The second kappa shape index (κ2) is 26.3. The molecule has 57 heavy (non-hydrogen) atoms. The first kappa shape index (κ1) is 49.5. The maximum atomic E-state index is 13.9. The summed E-state index contributed by atoms with van der Waals surface area (Å²) in [4.78, 5) is 65.2. The van der Waals surface area contributed by atoms with Crippen molar-refractivity contribution in [3.05, 3.63) is 35.9 Å². The maximum absolute atomic E-state index is 13.9. The van der Waals surface area contributed by atoms with Crippen LogP contribution in [0.1, 0.15) is 105 Å². The third-order valence-corrected chi connectivity index (χ3v) is 11.4. The topological polar surface area (TPSA) is 154 Å². The molecular formula is C44H75N7O6. The van der Waals surface area contributed by atoms with E-state index in [9.17, 15) is 19.2 Å². The quantitative estimate of drug-likeness (QED) is 0.145. The van der Waals surface area contributed by atoms with Gasteiger partial charge in [0.2, 0.25) is 23.6 Å². The third kappa shape index (κ3) is 15.2. The number of nitrogens with one attached hydrogen (secondary N) is 3. The van der Waals surface area contributed by atoms with Crippen LogP contribution >= 0.6 is 0 Å². The van der Waals surface area contributed by atoms with Crippen LogP contribution in [-0.4, -0.2) is 130 Å². The van der Waals surface area contributed by atoms with Gasteiger partial charge in [-0.05, 0) is 57.3 Å². The second-order valence-electron chi connectivity index (χ2n) is 15.7. The van der Waals surface area contributed by atoms with Crippen molar-refractivity contribution in [2.24, 2.45) is 27.7 Å². The molecule has 0 aromatic heterocycles. The molecule has 1 aromatic rings. The summed E-state index contributed by atoms with van der Waals surface area (Å²) in [5, 5.41) is 9.13. The Balaban J connectivity index is 0.000000982. The highest BCUT2D eigenvalue weighted by Gasteiger charge is 2.44. The lowest BCUT2D eigenvalue weighted by Gasteiger charge is -2.39. The van der Waals surface area contributed by atoms with Crippen LogP contribution in [-0.2, 0) is 28.7 Å². The van der Waals surface area contributed by atoms with Crippen molar-refractivity contribution in [2.75, 3.05) is 47.9 Å². The molecular weight excluding hydrogens is 723 g/mol. The minimum atomic E-state index is -0.562. The number of likely N-dealkylation sites (tertiary alicyclic amines) is 1. The van der Waals surface area contributed by atoms with E-state index in [-0.39, 0.29) is 67.2 Å². The number of nitrogens with zero attached hydrogens (tertiary/aromatic N) is 4. The zero-order valence-corrected chi connectivity index (χ0v) is 36.9. The molecule has 3 fully saturated rings. The van der Waals surface area contributed by atoms with E-state index in [0.717, 1.165) is 38.5 Å². The van der Waals surface area contributed by atoms with E-state index in [2.05, 4.69) is 58.8 Å². The predicted molar refractivity (Wildman–Crippen MR) is 229 cm³/mol. The van der Waals surface area contributed by atoms with E-state index >= 15 is 0 Å². The number of fused-ring (bicyclic) bond motifs is 2. The van der Waals surface area contributed by atoms with Gasteiger partial charge in [0.1, 0.15) is 5.84 Å². The van der Waals surface area contributed by atoms with Crippen LogP contribution in [0.2, 0.25) is 0 Å². The summed E-state index contributed by atoms with van der Waals surface area (Å²) in [5.74, 6) is -0.272. The van der Waals surface area contributed by atoms with Crippen molar-refractivity contribution in [1.29, 1.82) is 0 Å². The van der Waals surface area contributed by atoms with Crippen molar-refractivity contribution in [1.82, 2.24) is 25.8 Å². The van der Waals surface area contributed by atoms with Gasteiger partial charge in [0.05, 0.1) is 55.8 Å². The number of carbonyl (C=O) groups is 4. The number of amidine groups is 1. The Morgan fingerprint density at radius 2 is 1.68 bits per heavy atom. The van der Waals surface area contributed by atoms with Gasteiger partial charge in [0.25, 0.3) is 0 Å². The molecule has 3 aliphatic rings. The molecule has 13 nitrogen and oxygen atoms in total. The summed E-state index contributed by atoms with van der Waals surface area (Å²) in [6.45, 7) is 14.9. The fourth-order valence-corrected chi connectivity index (χ4v) is 8.11. The van der Waals surface area contributed by atoms with Crippen molar-refractivity contribution >= 4 is 35.7 Å². The molecule has 9 atom stereocenters. The van der Waals surface area contributed by atoms with Crippen LogP contribution in [0.5, 0.6) is 0 Å². The smallest absolute Gasteiger partial charge is 0.242 e. The summed E-state index contributed by atoms with van der Waals surface area (Å²) in [6, 6.07) is 9.77. The molecule has 1 aromatic carbocycles. The lowest BCUT2D eigenvalue weighted by Crippen LogP contribution is -2.55. The van der Waals surface area contributed by atoms with Crippen molar-refractivity contribution < 1.29 is 28.7 Å². The summed E-state index contributed by atoms with van der Waals surface area (Å²) in [6.07, 6.45) is 8.23. The lowest BCUT2D eigenvalue weighted by molar-refractivity contribution is -0.145. The Morgan fingerprint density at radius 3 is 2.19 bits per heavy atom. The van der Waals surface area contributed by atoms with Gasteiger partial charge in [0, 0.05) is 47.1 Å². The minimum absolute atomic E-state index is 0.0349. The van der Waals surface area contributed by atoms with E-state index in [4.69, 9.17) is 9.47 Å². The number of likely N-dealkylation sites (N-methyl/N-ethyl adjacent to an activating group) is 1. The average Bonchev–Trinajstić information content (AvgIpc) is 3.99. The SMILES string of the molecule is CCC.CCC=NC(CNC(=O)C(C)C(OC)C1CCCN1C(=O)CC(OC)C(C(C)CC)N(C)C(=O)CNC(=O)C1NC2CCC1C2)=NC.Cc1ccccc1. The highest BCUT2D eigenvalue weighted by Crippen LogP contribution is 2.35. The van der Waals surface area contributed by atoms with Gasteiger partial charge in [0.15, 0.2) is 0 Å². The van der Waals surface area contributed by atoms with E-state index in [1.165, 1.54) is 12.0 Å². The number of amides is 4. The molecule has 1 saturated carbocycles. The van der Waals surface area contributed by atoms with Gasteiger partial charge in [-0.2, -0.15) is 0 Å². The number of hydrogen-bond acceptors (Lipinski definition) is 8. The first-order chi connectivity index (χ1) is 27.3. The maximum Gasteiger partial charge on any atom is 0.242 e. The Bertz CT molecular complexity index is 1420. The predicted octanol–water partition coefficient (Wildman–Crippen LogP) is 5.20. The molecule has 3 N–H and O–H groups in total. The first-order valence-electron chi connectivity index (χ1n) is 21.2. The number of piperidine rings is 1. The van der Waals surface area contributed by atoms with Gasteiger partial charge < -0.3 is 35.2 Å². The highest BCUT2D eigenvalue weighted by atomic mass is 16.5. The standard InChI is InChI=1S/C34H59N7O6.C7H8.C3H8/c1-9-15-36-27(35-5)19-37-33(44)22(4)32(47-8)25-12-11-16-41(25)28(42)18-26(46-7)31(21(3)10-2)40(6)29(43)20-38-34(45)30-23-13-14-24(17-23)39-30;1-7-5-3-2-4-6-7;1-3-2/h15,21-26,30-32,39H,9-14,16-20H2,1-8H3,(H,37,44)(H,38,45);2-6H,1H3;3H2,1-2H3. The van der Waals surface area contributed by atoms with Crippen LogP contribution in [0.15, 0.2) is 40.3 Å². The normalized spacial score (nSPS) is 22.6. The number of ether oxygens (including phenoxy) is 2. The highest BCUT2D eigenvalue weighted by molar-refractivity contribution is 5.93. The monoisotopic (exact) mass is 798 g/mol. The number of aryl methyl sites for hydroxylation is 1. The van der Waals surface area contributed by atoms with Gasteiger partial charge in [-0.3, -0.25) is 24.2 Å². The Hall–Kier alpha value is -3.68. The van der Waals surface area contributed by atoms with Gasteiger partial charge in [-0.15, -0.1) is 0 Å². The number of methoxy groups -OCH3 is 2. The molecule has 2 bridgehead atoms. The third-order valence-electron chi connectivity index (χ3n) is 11.4. The van der Waals surface area contributed by atoms with E-state index in [1.54, 1.807) is 39.4 Å². The van der Waals surface area contributed by atoms with Crippen molar-refractivity contribution in [2.45, 2.75) is 143 Å². The Kier molecular flexibility index (Phi) is 22.9. The zero-order valence-electron chi connectivity index (χ0n) is 36.9. The number of rotatable bonds is 17. The molecule has 2 saturated heterocycles. The lowest BCUT2D eigenvalue weighted by atomic mass is 9.90. The summed E-state index contributed by atoms with van der Waals surface area (Å²) in [5.41, 5.74) is 1.32.